The van der Waals surface area contributed by atoms with E-state index >= 15 is 0 Å². The predicted octanol–water partition coefficient (Wildman–Crippen LogP) is 3.61. The third kappa shape index (κ3) is 4.45. The molecule has 0 saturated carbocycles. The van der Waals surface area contributed by atoms with E-state index in [1.165, 1.54) is 12.1 Å². The van der Waals surface area contributed by atoms with Crippen LogP contribution >= 0.6 is 0 Å². The molecule has 0 aliphatic rings. The van der Waals surface area contributed by atoms with Gasteiger partial charge >= 0.3 is 5.97 Å². The summed E-state index contributed by atoms with van der Waals surface area (Å²) in [4.78, 5) is 24.4. The van der Waals surface area contributed by atoms with Crippen LogP contribution in [-0.4, -0.2) is 33.4 Å². The number of carbonyl (C=O) groups is 2. The minimum absolute atomic E-state index is 0.0166. The Morgan fingerprint density at radius 3 is 2.34 bits per heavy atom. The Morgan fingerprint density at radius 1 is 1.03 bits per heavy atom. The SMILES string of the molecule is Cc1ccc(-n2nc(C)c(NC(=O)COC(=O)c3ccc(C)cc3O)c2C)cc1. The third-order valence-electron chi connectivity index (χ3n) is 4.54. The van der Waals surface area contributed by atoms with Gasteiger partial charge in [-0.2, -0.15) is 5.10 Å². The minimum Gasteiger partial charge on any atom is -0.507 e. The Hall–Kier alpha value is -3.61. The fraction of sp³-hybridized carbons (Fsp3) is 0.227. The molecule has 3 aromatic rings. The summed E-state index contributed by atoms with van der Waals surface area (Å²) in [7, 11) is 0. The summed E-state index contributed by atoms with van der Waals surface area (Å²) < 4.78 is 6.78. The van der Waals surface area contributed by atoms with Crippen LogP contribution in [0.3, 0.4) is 0 Å². The molecule has 0 fully saturated rings. The molecule has 0 atom stereocenters. The average molecular weight is 393 g/mol. The molecule has 1 amide bonds. The van der Waals surface area contributed by atoms with E-state index in [2.05, 4.69) is 10.4 Å². The van der Waals surface area contributed by atoms with Gasteiger partial charge in [-0.05, 0) is 57.5 Å². The number of carbonyl (C=O) groups excluding carboxylic acids is 2. The second-order valence-corrected chi connectivity index (χ2v) is 6.94. The molecule has 3 rings (SSSR count). The van der Waals surface area contributed by atoms with Gasteiger partial charge in [-0.3, -0.25) is 4.79 Å². The largest absolute Gasteiger partial charge is 0.507 e. The zero-order valence-corrected chi connectivity index (χ0v) is 16.8. The number of aromatic hydroxyl groups is 1. The number of aryl methyl sites for hydroxylation is 3. The molecule has 0 bridgehead atoms. The number of nitrogens with zero attached hydrogens (tertiary/aromatic N) is 2. The molecule has 7 nitrogen and oxygen atoms in total. The van der Waals surface area contributed by atoms with Crippen LogP contribution in [0.2, 0.25) is 0 Å². The number of esters is 1. The molecule has 0 radical (unpaired) electrons. The lowest BCUT2D eigenvalue weighted by atomic mass is 10.1. The van der Waals surface area contributed by atoms with Crippen LogP contribution in [0.25, 0.3) is 5.69 Å². The predicted molar refractivity (Wildman–Crippen MR) is 110 cm³/mol. The lowest BCUT2D eigenvalue weighted by molar-refractivity contribution is -0.119. The van der Waals surface area contributed by atoms with E-state index in [1.54, 1.807) is 24.6 Å². The molecular weight excluding hydrogens is 370 g/mol. The van der Waals surface area contributed by atoms with Crippen LogP contribution in [-0.2, 0) is 9.53 Å². The lowest BCUT2D eigenvalue weighted by Crippen LogP contribution is -2.21. The van der Waals surface area contributed by atoms with Crippen molar-refractivity contribution in [2.45, 2.75) is 27.7 Å². The smallest absolute Gasteiger partial charge is 0.342 e. The fourth-order valence-corrected chi connectivity index (χ4v) is 2.96. The van der Waals surface area contributed by atoms with Crippen molar-refractivity contribution in [2.24, 2.45) is 0 Å². The number of anilines is 1. The fourth-order valence-electron chi connectivity index (χ4n) is 2.96. The Kier molecular flexibility index (Phi) is 5.68. The third-order valence-corrected chi connectivity index (χ3v) is 4.54. The molecule has 29 heavy (non-hydrogen) atoms. The van der Waals surface area contributed by atoms with Crippen molar-refractivity contribution in [1.82, 2.24) is 9.78 Å². The number of nitrogens with one attached hydrogen (secondary N) is 1. The van der Waals surface area contributed by atoms with E-state index in [4.69, 9.17) is 4.74 Å². The summed E-state index contributed by atoms with van der Waals surface area (Å²) >= 11 is 0. The van der Waals surface area contributed by atoms with Gasteiger partial charge in [0.05, 0.1) is 22.8 Å². The number of amides is 1. The van der Waals surface area contributed by atoms with Crippen molar-refractivity contribution in [3.8, 4) is 11.4 Å². The first-order valence-corrected chi connectivity index (χ1v) is 9.16. The van der Waals surface area contributed by atoms with Crippen LogP contribution in [0.4, 0.5) is 5.69 Å². The van der Waals surface area contributed by atoms with Crippen molar-refractivity contribution in [2.75, 3.05) is 11.9 Å². The molecular formula is C22H23N3O4. The first-order valence-electron chi connectivity index (χ1n) is 9.16. The van der Waals surface area contributed by atoms with E-state index in [0.717, 1.165) is 22.5 Å². The van der Waals surface area contributed by atoms with Crippen molar-refractivity contribution in [1.29, 1.82) is 0 Å². The summed E-state index contributed by atoms with van der Waals surface area (Å²) in [5.74, 6) is -1.43. The maximum Gasteiger partial charge on any atom is 0.342 e. The van der Waals surface area contributed by atoms with Crippen molar-refractivity contribution in [3.05, 3.63) is 70.5 Å². The van der Waals surface area contributed by atoms with Gasteiger partial charge in [0.2, 0.25) is 0 Å². The zero-order chi connectivity index (χ0) is 21.1. The summed E-state index contributed by atoms with van der Waals surface area (Å²) in [5, 5.41) is 17.1. The average Bonchev–Trinajstić information content (AvgIpc) is 2.95. The van der Waals surface area contributed by atoms with E-state index in [1.807, 2.05) is 38.1 Å². The molecule has 150 valence electrons. The van der Waals surface area contributed by atoms with Crippen LogP contribution in [0.15, 0.2) is 42.5 Å². The lowest BCUT2D eigenvalue weighted by Gasteiger charge is -2.09. The van der Waals surface area contributed by atoms with Gasteiger partial charge in [-0.15, -0.1) is 0 Å². The van der Waals surface area contributed by atoms with Crippen molar-refractivity contribution < 1.29 is 19.4 Å². The molecule has 0 aliphatic carbocycles. The normalized spacial score (nSPS) is 10.6. The Balaban J connectivity index is 1.68. The molecule has 7 heteroatoms. The summed E-state index contributed by atoms with van der Waals surface area (Å²) in [5.41, 5.74) is 4.85. The summed E-state index contributed by atoms with van der Waals surface area (Å²) in [6.45, 7) is 6.98. The van der Waals surface area contributed by atoms with Gasteiger partial charge in [-0.25, -0.2) is 9.48 Å². The highest BCUT2D eigenvalue weighted by atomic mass is 16.5. The maximum absolute atomic E-state index is 12.3. The molecule has 0 aliphatic heterocycles. The van der Waals surface area contributed by atoms with Gasteiger partial charge in [0.1, 0.15) is 11.3 Å². The Bertz CT molecular complexity index is 1070. The standard InChI is InChI=1S/C22H23N3O4/c1-13-5-8-17(9-6-13)25-16(4)21(15(3)24-25)23-20(27)12-29-22(28)18-10-7-14(2)11-19(18)26/h5-11,26H,12H2,1-4H3,(H,23,27). The van der Waals surface area contributed by atoms with Crippen molar-refractivity contribution >= 4 is 17.6 Å². The highest BCUT2D eigenvalue weighted by molar-refractivity contribution is 5.97. The number of aromatic nitrogens is 2. The van der Waals surface area contributed by atoms with Crippen LogP contribution < -0.4 is 5.32 Å². The number of hydrogen-bond donors (Lipinski definition) is 2. The number of benzene rings is 2. The number of ether oxygens (including phenoxy) is 1. The highest BCUT2D eigenvalue weighted by Crippen LogP contribution is 2.23. The van der Waals surface area contributed by atoms with Gasteiger partial charge in [0, 0.05) is 0 Å². The first kappa shape index (κ1) is 20.1. The molecule has 2 N–H and O–H groups in total. The molecule has 1 aromatic heterocycles. The quantitative estimate of drug-likeness (QED) is 0.646. The van der Waals surface area contributed by atoms with Gasteiger partial charge < -0.3 is 15.2 Å². The highest BCUT2D eigenvalue weighted by Gasteiger charge is 2.18. The molecule has 1 heterocycles. The van der Waals surface area contributed by atoms with Gasteiger partial charge in [-0.1, -0.05) is 23.8 Å². The summed E-state index contributed by atoms with van der Waals surface area (Å²) in [6, 6.07) is 12.5. The monoisotopic (exact) mass is 393 g/mol. The second kappa shape index (κ2) is 8.18. The number of hydrogen-bond acceptors (Lipinski definition) is 5. The summed E-state index contributed by atoms with van der Waals surface area (Å²) in [6.07, 6.45) is 0. The van der Waals surface area contributed by atoms with Crippen LogP contribution in [0.5, 0.6) is 5.75 Å². The molecule has 0 saturated heterocycles. The van der Waals surface area contributed by atoms with Gasteiger partial charge in [0.15, 0.2) is 6.61 Å². The number of phenols is 1. The topological polar surface area (TPSA) is 93.5 Å². The van der Waals surface area contributed by atoms with E-state index in [0.29, 0.717) is 11.4 Å². The first-order chi connectivity index (χ1) is 13.8. The van der Waals surface area contributed by atoms with Gasteiger partial charge in [0.25, 0.3) is 5.91 Å². The second-order valence-electron chi connectivity index (χ2n) is 6.94. The Morgan fingerprint density at radius 2 is 1.69 bits per heavy atom. The van der Waals surface area contributed by atoms with E-state index < -0.39 is 18.5 Å². The van der Waals surface area contributed by atoms with Crippen LogP contribution in [0.1, 0.15) is 32.9 Å². The molecule has 0 spiro atoms. The minimum atomic E-state index is -0.763. The number of rotatable bonds is 5. The molecule has 0 unspecified atom stereocenters. The zero-order valence-electron chi connectivity index (χ0n) is 16.8. The Labute approximate surface area is 168 Å². The molecule has 2 aromatic carbocycles. The van der Waals surface area contributed by atoms with E-state index in [-0.39, 0.29) is 11.3 Å². The maximum atomic E-state index is 12.3. The van der Waals surface area contributed by atoms with Crippen LogP contribution in [0, 0.1) is 27.7 Å². The van der Waals surface area contributed by atoms with Crippen molar-refractivity contribution in [3.63, 3.8) is 0 Å². The van der Waals surface area contributed by atoms with E-state index in [9.17, 15) is 14.7 Å². The number of phenolic OH excluding ortho intramolecular Hbond substituents is 1.